The van der Waals surface area contributed by atoms with E-state index in [-0.39, 0.29) is 16.7 Å². The van der Waals surface area contributed by atoms with E-state index in [0.29, 0.717) is 5.69 Å². The van der Waals surface area contributed by atoms with Crippen molar-refractivity contribution >= 4 is 17.3 Å². The van der Waals surface area contributed by atoms with Crippen molar-refractivity contribution in [1.29, 1.82) is 0 Å². The first-order chi connectivity index (χ1) is 13.9. The third kappa shape index (κ3) is 3.20. The minimum Gasteiger partial charge on any atom is -0.322 e. The quantitative estimate of drug-likeness (QED) is 0.553. The predicted octanol–water partition coefficient (Wildman–Crippen LogP) is 5.45. The van der Waals surface area contributed by atoms with Crippen molar-refractivity contribution in [2.24, 2.45) is 17.8 Å². The van der Waals surface area contributed by atoms with E-state index in [4.69, 9.17) is 0 Å². The molecule has 4 saturated carbocycles. The van der Waals surface area contributed by atoms with Gasteiger partial charge in [-0.05, 0) is 85.5 Å². The van der Waals surface area contributed by atoms with Crippen molar-refractivity contribution < 1.29 is 14.1 Å². The molecule has 0 aliphatic heterocycles. The lowest BCUT2D eigenvalue weighted by atomic mass is 9.48. The summed E-state index contributed by atoms with van der Waals surface area (Å²) < 4.78 is 14.0. The van der Waals surface area contributed by atoms with Crippen LogP contribution >= 0.6 is 0 Å². The van der Waals surface area contributed by atoms with Gasteiger partial charge in [-0.25, -0.2) is 4.39 Å². The van der Waals surface area contributed by atoms with Gasteiger partial charge in [0, 0.05) is 17.8 Å². The SMILES string of the molecule is O=C(Nc1ccc(C23CC4CC(CC(C4)C2)C3)cc1)c1cc([N+](=O)[O-])ccc1F. The molecule has 4 fully saturated rings. The Kier molecular flexibility index (Phi) is 4.19. The zero-order valence-corrected chi connectivity index (χ0v) is 16.1. The van der Waals surface area contributed by atoms with E-state index >= 15 is 0 Å². The van der Waals surface area contributed by atoms with Gasteiger partial charge in [0.05, 0.1) is 10.5 Å². The summed E-state index contributed by atoms with van der Waals surface area (Å²) in [4.78, 5) is 22.7. The Labute approximate surface area is 168 Å². The minimum atomic E-state index is -0.779. The smallest absolute Gasteiger partial charge is 0.270 e. The monoisotopic (exact) mass is 394 g/mol. The summed E-state index contributed by atoms with van der Waals surface area (Å²) in [5.41, 5.74) is 1.55. The van der Waals surface area contributed by atoms with Crippen LogP contribution in [0.4, 0.5) is 15.8 Å². The van der Waals surface area contributed by atoms with Crippen LogP contribution in [-0.4, -0.2) is 10.8 Å². The van der Waals surface area contributed by atoms with Crippen LogP contribution in [0, 0.1) is 33.7 Å². The lowest BCUT2D eigenvalue weighted by Gasteiger charge is -2.57. The van der Waals surface area contributed by atoms with Crippen molar-refractivity contribution in [3.63, 3.8) is 0 Å². The van der Waals surface area contributed by atoms with Gasteiger partial charge in [0.25, 0.3) is 11.6 Å². The van der Waals surface area contributed by atoms with Crippen molar-refractivity contribution in [3.05, 3.63) is 69.5 Å². The highest BCUT2D eigenvalue weighted by molar-refractivity contribution is 6.04. The molecule has 5 nitrogen and oxygen atoms in total. The maximum Gasteiger partial charge on any atom is 0.270 e. The van der Waals surface area contributed by atoms with E-state index in [1.165, 1.54) is 44.1 Å². The molecule has 0 unspecified atom stereocenters. The van der Waals surface area contributed by atoms with Crippen molar-refractivity contribution in [1.82, 2.24) is 0 Å². The number of hydrogen-bond donors (Lipinski definition) is 1. The van der Waals surface area contributed by atoms with Gasteiger partial charge in [-0.2, -0.15) is 0 Å². The zero-order chi connectivity index (χ0) is 20.2. The van der Waals surface area contributed by atoms with Crippen LogP contribution in [-0.2, 0) is 5.41 Å². The van der Waals surface area contributed by atoms with Crippen LogP contribution in [0.3, 0.4) is 0 Å². The highest BCUT2D eigenvalue weighted by atomic mass is 19.1. The number of carbonyl (C=O) groups is 1. The van der Waals surface area contributed by atoms with E-state index in [1.54, 1.807) is 0 Å². The Morgan fingerprint density at radius 1 is 1.00 bits per heavy atom. The number of hydrogen-bond acceptors (Lipinski definition) is 3. The number of nitro groups is 1. The second-order valence-electron chi connectivity index (χ2n) is 9.15. The maximum absolute atomic E-state index is 14.0. The summed E-state index contributed by atoms with van der Waals surface area (Å²) in [6.45, 7) is 0. The average Bonchev–Trinajstić information content (AvgIpc) is 2.67. The molecule has 0 atom stereocenters. The van der Waals surface area contributed by atoms with Gasteiger partial charge in [0.1, 0.15) is 5.82 Å². The molecule has 4 bridgehead atoms. The number of nitro benzene ring substituents is 1. The fourth-order valence-corrected chi connectivity index (χ4v) is 6.37. The first-order valence-corrected chi connectivity index (χ1v) is 10.3. The zero-order valence-electron chi connectivity index (χ0n) is 16.1. The van der Waals surface area contributed by atoms with Crippen LogP contribution < -0.4 is 5.32 Å². The maximum atomic E-state index is 14.0. The van der Waals surface area contributed by atoms with Crippen molar-refractivity contribution in [3.8, 4) is 0 Å². The Morgan fingerprint density at radius 2 is 1.59 bits per heavy atom. The lowest BCUT2D eigenvalue weighted by molar-refractivity contribution is -0.384. The summed E-state index contributed by atoms with van der Waals surface area (Å²) in [6, 6.07) is 10.9. The van der Waals surface area contributed by atoms with E-state index in [2.05, 4.69) is 17.4 Å². The number of benzene rings is 2. The highest BCUT2D eigenvalue weighted by Crippen LogP contribution is 2.60. The second kappa shape index (κ2) is 6.65. The summed E-state index contributed by atoms with van der Waals surface area (Å²) in [7, 11) is 0. The molecule has 0 heterocycles. The molecule has 6 rings (SSSR count). The topological polar surface area (TPSA) is 72.2 Å². The van der Waals surface area contributed by atoms with Gasteiger partial charge in [0.2, 0.25) is 0 Å². The standard InChI is InChI=1S/C23H23FN2O3/c24-21-6-5-19(26(28)29)10-20(21)22(27)25-18-3-1-17(2-4-18)23-11-14-7-15(12-23)9-16(8-14)13-23/h1-6,10,14-16H,7-9,11-13H2,(H,25,27). The van der Waals surface area contributed by atoms with E-state index in [9.17, 15) is 19.3 Å². The van der Waals surface area contributed by atoms with Gasteiger partial charge in [-0.15, -0.1) is 0 Å². The minimum absolute atomic E-state index is 0.281. The number of rotatable bonds is 4. The molecule has 2 aromatic carbocycles. The molecule has 0 aromatic heterocycles. The van der Waals surface area contributed by atoms with Crippen LogP contribution in [0.15, 0.2) is 42.5 Å². The third-order valence-corrected chi connectivity index (χ3v) is 7.20. The molecular formula is C23H23FN2O3. The van der Waals surface area contributed by atoms with E-state index < -0.39 is 16.6 Å². The molecule has 2 aromatic rings. The molecule has 4 aliphatic carbocycles. The Morgan fingerprint density at radius 3 is 2.14 bits per heavy atom. The van der Waals surface area contributed by atoms with Crippen molar-refractivity contribution in [2.75, 3.05) is 5.32 Å². The summed E-state index contributed by atoms with van der Waals surface area (Å²) in [6.07, 6.45) is 7.98. The van der Waals surface area contributed by atoms with Crippen LogP contribution in [0.2, 0.25) is 0 Å². The van der Waals surface area contributed by atoms with Crippen LogP contribution in [0.1, 0.15) is 54.4 Å². The van der Waals surface area contributed by atoms with Crippen LogP contribution in [0.5, 0.6) is 0 Å². The Bertz CT molecular complexity index is 951. The molecule has 0 saturated heterocycles. The van der Waals surface area contributed by atoms with Gasteiger partial charge < -0.3 is 5.32 Å². The van der Waals surface area contributed by atoms with E-state index in [0.717, 1.165) is 36.0 Å². The van der Waals surface area contributed by atoms with Gasteiger partial charge in [-0.1, -0.05) is 12.1 Å². The first kappa shape index (κ1) is 18.3. The Hall–Kier alpha value is -2.76. The van der Waals surface area contributed by atoms with Gasteiger partial charge >= 0.3 is 0 Å². The second-order valence-corrected chi connectivity index (χ2v) is 9.15. The number of nitrogens with one attached hydrogen (secondary N) is 1. The van der Waals surface area contributed by atoms with Crippen LogP contribution in [0.25, 0.3) is 0 Å². The number of amides is 1. The summed E-state index contributed by atoms with van der Waals surface area (Å²) in [5, 5.41) is 13.6. The Balaban J connectivity index is 1.35. The molecule has 29 heavy (non-hydrogen) atoms. The normalized spacial score (nSPS) is 29.6. The molecule has 4 aliphatic rings. The van der Waals surface area contributed by atoms with Gasteiger partial charge in [0.15, 0.2) is 0 Å². The average molecular weight is 394 g/mol. The first-order valence-electron chi connectivity index (χ1n) is 10.3. The predicted molar refractivity (Wildman–Crippen MR) is 107 cm³/mol. The molecular weight excluding hydrogens is 371 g/mol. The third-order valence-electron chi connectivity index (χ3n) is 7.20. The number of nitrogens with zero attached hydrogens (tertiary/aromatic N) is 1. The fourth-order valence-electron chi connectivity index (χ4n) is 6.37. The number of halogens is 1. The number of anilines is 1. The molecule has 1 N–H and O–H groups in total. The molecule has 150 valence electrons. The molecule has 1 amide bonds. The van der Waals surface area contributed by atoms with Gasteiger partial charge in [-0.3, -0.25) is 14.9 Å². The number of non-ortho nitro benzene ring substituents is 1. The van der Waals surface area contributed by atoms with E-state index in [1.807, 2.05) is 12.1 Å². The molecule has 0 spiro atoms. The van der Waals surface area contributed by atoms with Crippen molar-refractivity contribution in [2.45, 2.75) is 43.9 Å². The number of carbonyl (C=O) groups excluding carboxylic acids is 1. The lowest BCUT2D eigenvalue weighted by Crippen LogP contribution is -2.48. The molecule has 0 radical (unpaired) electrons. The highest BCUT2D eigenvalue weighted by Gasteiger charge is 2.51. The fraction of sp³-hybridized carbons (Fsp3) is 0.435. The largest absolute Gasteiger partial charge is 0.322 e. The summed E-state index contributed by atoms with van der Waals surface area (Å²) >= 11 is 0. The summed E-state index contributed by atoms with van der Waals surface area (Å²) in [5.74, 6) is 1.11. The molecule has 6 heteroatoms.